The fraction of sp³-hybridized carbons (Fsp3) is 0.526. The van der Waals surface area contributed by atoms with Gasteiger partial charge < -0.3 is 0 Å². The standard InChI is InChI=1S/C19H26N4O2S/c1-15-19(16(2)22(20-15)14-21-11-6-3-7-12-21)26(24,25)23-13-10-17-8-4-5-9-18(17)23/h4-5,8-9H,3,6-7,10-14H2,1-2H3. The van der Waals surface area contributed by atoms with E-state index < -0.39 is 10.0 Å². The van der Waals surface area contributed by atoms with E-state index in [-0.39, 0.29) is 0 Å². The quantitative estimate of drug-likeness (QED) is 0.826. The van der Waals surface area contributed by atoms with Crippen molar-refractivity contribution >= 4 is 15.7 Å². The van der Waals surface area contributed by atoms with Gasteiger partial charge in [0.25, 0.3) is 10.0 Å². The number of aryl methyl sites for hydroxylation is 1. The van der Waals surface area contributed by atoms with Gasteiger partial charge in [-0.15, -0.1) is 0 Å². The number of para-hydroxylation sites is 1. The summed E-state index contributed by atoms with van der Waals surface area (Å²) in [5, 5.41) is 4.57. The second-order valence-corrected chi connectivity index (χ2v) is 9.07. The highest BCUT2D eigenvalue weighted by molar-refractivity contribution is 7.93. The maximum Gasteiger partial charge on any atom is 0.268 e. The van der Waals surface area contributed by atoms with Crippen molar-refractivity contribution in [2.75, 3.05) is 23.9 Å². The average molecular weight is 375 g/mol. The predicted octanol–water partition coefficient (Wildman–Crippen LogP) is 2.69. The minimum Gasteiger partial charge on any atom is -0.284 e. The van der Waals surface area contributed by atoms with Gasteiger partial charge in [0.2, 0.25) is 0 Å². The summed E-state index contributed by atoms with van der Waals surface area (Å²) in [6.07, 6.45) is 4.45. The van der Waals surface area contributed by atoms with Crippen LogP contribution in [0.25, 0.3) is 0 Å². The first-order valence-electron chi connectivity index (χ1n) is 9.35. The Hall–Kier alpha value is -1.86. The second kappa shape index (κ2) is 6.70. The molecule has 0 radical (unpaired) electrons. The summed E-state index contributed by atoms with van der Waals surface area (Å²) in [6.45, 7) is 6.95. The number of anilines is 1. The lowest BCUT2D eigenvalue weighted by atomic mass is 10.1. The lowest BCUT2D eigenvalue weighted by molar-refractivity contribution is 0.171. The molecular formula is C19H26N4O2S. The number of hydrogen-bond acceptors (Lipinski definition) is 4. The van der Waals surface area contributed by atoms with Crippen LogP contribution >= 0.6 is 0 Å². The van der Waals surface area contributed by atoms with Crippen molar-refractivity contribution in [2.24, 2.45) is 0 Å². The average Bonchev–Trinajstić information content (AvgIpc) is 3.18. The summed E-state index contributed by atoms with van der Waals surface area (Å²) in [5.41, 5.74) is 3.21. The number of aromatic nitrogens is 2. The van der Waals surface area contributed by atoms with Crippen molar-refractivity contribution in [2.45, 2.75) is 51.1 Å². The summed E-state index contributed by atoms with van der Waals surface area (Å²) in [5.74, 6) is 0. The zero-order chi connectivity index (χ0) is 18.3. The largest absolute Gasteiger partial charge is 0.284 e. The molecular weight excluding hydrogens is 348 g/mol. The van der Waals surface area contributed by atoms with Crippen molar-refractivity contribution in [3.05, 3.63) is 41.2 Å². The molecule has 0 N–H and O–H groups in total. The predicted molar refractivity (Wildman–Crippen MR) is 102 cm³/mol. The SMILES string of the molecule is Cc1nn(CN2CCCCC2)c(C)c1S(=O)(=O)N1CCc2ccccc21. The lowest BCUT2D eigenvalue weighted by Crippen LogP contribution is -2.33. The van der Waals surface area contributed by atoms with Gasteiger partial charge >= 0.3 is 0 Å². The lowest BCUT2D eigenvalue weighted by Gasteiger charge is -2.26. The number of benzene rings is 1. The highest BCUT2D eigenvalue weighted by atomic mass is 32.2. The smallest absolute Gasteiger partial charge is 0.268 e. The molecule has 0 atom stereocenters. The molecule has 2 aliphatic heterocycles. The summed E-state index contributed by atoms with van der Waals surface area (Å²) < 4.78 is 30.2. The molecule has 7 heteroatoms. The van der Waals surface area contributed by atoms with Gasteiger partial charge in [0.05, 0.1) is 23.7 Å². The minimum atomic E-state index is -3.60. The maximum atomic E-state index is 13.4. The molecule has 140 valence electrons. The Morgan fingerprint density at radius 3 is 2.54 bits per heavy atom. The third kappa shape index (κ3) is 2.93. The van der Waals surface area contributed by atoms with E-state index in [0.29, 0.717) is 23.8 Å². The van der Waals surface area contributed by atoms with Gasteiger partial charge in [0.15, 0.2) is 0 Å². The van der Waals surface area contributed by atoms with E-state index in [0.717, 1.165) is 36.5 Å². The molecule has 4 rings (SSSR count). The van der Waals surface area contributed by atoms with Crippen LogP contribution in [0, 0.1) is 13.8 Å². The highest BCUT2D eigenvalue weighted by Crippen LogP contribution is 2.34. The molecule has 0 spiro atoms. The van der Waals surface area contributed by atoms with Gasteiger partial charge in [-0.3, -0.25) is 13.9 Å². The van der Waals surface area contributed by atoms with Crippen LogP contribution in [0.15, 0.2) is 29.2 Å². The number of piperidine rings is 1. The van der Waals surface area contributed by atoms with E-state index >= 15 is 0 Å². The Bertz CT molecular complexity index is 914. The Morgan fingerprint density at radius 2 is 1.77 bits per heavy atom. The molecule has 0 unspecified atom stereocenters. The molecule has 0 saturated carbocycles. The third-order valence-electron chi connectivity index (χ3n) is 5.49. The molecule has 26 heavy (non-hydrogen) atoms. The zero-order valence-electron chi connectivity index (χ0n) is 15.5. The monoisotopic (exact) mass is 374 g/mol. The summed E-state index contributed by atoms with van der Waals surface area (Å²) in [4.78, 5) is 2.72. The van der Waals surface area contributed by atoms with Crippen LogP contribution in [0.4, 0.5) is 5.69 Å². The number of rotatable bonds is 4. The second-order valence-electron chi connectivity index (χ2n) is 7.28. The molecule has 1 aromatic heterocycles. The van der Waals surface area contributed by atoms with Gasteiger partial charge in [0, 0.05) is 6.54 Å². The van der Waals surface area contributed by atoms with Crippen molar-refractivity contribution in [3.8, 4) is 0 Å². The molecule has 2 aliphatic rings. The molecule has 0 aliphatic carbocycles. The van der Waals surface area contributed by atoms with Crippen LogP contribution in [0.3, 0.4) is 0 Å². The fourth-order valence-electron chi connectivity index (χ4n) is 4.15. The summed E-state index contributed by atoms with van der Waals surface area (Å²) >= 11 is 0. The Morgan fingerprint density at radius 1 is 1.04 bits per heavy atom. The van der Waals surface area contributed by atoms with Crippen LogP contribution in [0.2, 0.25) is 0 Å². The van der Waals surface area contributed by atoms with Gasteiger partial charge in [0.1, 0.15) is 4.90 Å². The van der Waals surface area contributed by atoms with Crippen LogP contribution in [-0.4, -0.2) is 42.7 Å². The van der Waals surface area contributed by atoms with Gasteiger partial charge in [-0.1, -0.05) is 24.6 Å². The number of fused-ring (bicyclic) bond motifs is 1. The van der Waals surface area contributed by atoms with E-state index in [9.17, 15) is 8.42 Å². The number of likely N-dealkylation sites (tertiary alicyclic amines) is 1. The Balaban J connectivity index is 1.67. The van der Waals surface area contributed by atoms with Crippen molar-refractivity contribution in [1.82, 2.24) is 14.7 Å². The molecule has 0 amide bonds. The summed E-state index contributed by atoms with van der Waals surface area (Å²) in [7, 11) is -3.60. The van der Waals surface area contributed by atoms with E-state index in [1.807, 2.05) is 35.9 Å². The molecule has 1 fully saturated rings. The van der Waals surface area contributed by atoms with E-state index in [1.165, 1.54) is 19.3 Å². The van der Waals surface area contributed by atoms with Gasteiger partial charge in [-0.2, -0.15) is 5.10 Å². The number of sulfonamides is 1. The molecule has 2 aromatic rings. The van der Waals surface area contributed by atoms with Crippen LogP contribution < -0.4 is 4.31 Å². The molecule has 6 nitrogen and oxygen atoms in total. The van der Waals surface area contributed by atoms with Crippen molar-refractivity contribution < 1.29 is 8.42 Å². The molecule has 1 saturated heterocycles. The van der Waals surface area contributed by atoms with Gasteiger partial charge in [-0.05, 0) is 57.8 Å². The van der Waals surface area contributed by atoms with E-state index in [2.05, 4.69) is 10.00 Å². The zero-order valence-corrected chi connectivity index (χ0v) is 16.3. The summed E-state index contributed by atoms with van der Waals surface area (Å²) in [6, 6.07) is 7.75. The molecule has 1 aromatic carbocycles. The normalized spacial score (nSPS) is 18.3. The van der Waals surface area contributed by atoms with E-state index in [4.69, 9.17) is 0 Å². The fourth-order valence-corrected chi connectivity index (χ4v) is 6.03. The van der Waals surface area contributed by atoms with Crippen molar-refractivity contribution in [3.63, 3.8) is 0 Å². The molecule has 0 bridgehead atoms. The first-order valence-corrected chi connectivity index (χ1v) is 10.8. The molecule has 3 heterocycles. The van der Waals surface area contributed by atoms with Gasteiger partial charge in [-0.25, -0.2) is 8.42 Å². The minimum absolute atomic E-state index is 0.367. The van der Waals surface area contributed by atoms with E-state index in [1.54, 1.807) is 11.2 Å². The maximum absolute atomic E-state index is 13.4. The Labute approximate surface area is 155 Å². The van der Waals surface area contributed by atoms with Crippen molar-refractivity contribution in [1.29, 1.82) is 0 Å². The highest BCUT2D eigenvalue weighted by Gasteiger charge is 2.35. The van der Waals surface area contributed by atoms with Crippen LogP contribution in [0.1, 0.15) is 36.2 Å². The topological polar surface area (TPSA) is 58.4 Å². The Kier molecular flexibility index (Phi) is 4.52. The third-order valence-corrected chi connectivity index (χ3v) is 7.56. The van der Waals surface area contributed by atoms with Crippen LogP contribution in [0.5, 0.6) is 0 Å². The first-order chi connectivity index (χ1) is 12.5. The number of hydrogen-bond donors (Lipinski definition) is 0. The van der Waals surface area contributed by atoms with Crippen LogP contribution in [-0.2, 0) is 23.1 Å². The first kappa shape index (κ1) is 17.5. The number of nitrogens with zero attached hydrogens (tertiary/aromatic N) is 4.